The Bertz CT molecular complexity index is 820. The number of ether oxygens (including phenoxy) is 2. The van der Waals surface area contributed by atoms with Gasteiger partial charge < -0.3 is 19.9 Å². The van der Waals surface area contributed by atoms with Crippen molar-refractivity contribution in [3.05, 3.63) is 29.0 Å². The predicted molar refractivity (Wildman–Crippen MR) is 102 cm³/mol. The van der Waals surface area contributed by atoms with E-state index in [1.807, 2.05) is 0 Å². The Morgan fingerprint density at radius 1 is 1.38 bits per heavy atom. The molecule has 1 amide bonds. The van der Waals surface area contributed by atoms with Gasteiger partial charge in [0.2, 0.25) is 0 Å². The first-order valence-corrected chi connectivity index (χ1v) is 10.0. The van der Waals surface area contributed by atoms with Gasteiger partial charge in [-0.1, -0.05) is 11.6 Å². The number of hydrogen-bond acceptors (Lipinski definition) is 6. The van der Waals surface area contributed by atoms with Crippen molar-refractivity contribution >= 4 is 17.5 Å². The molecule has 1 aromatic carbocycles. The predicted octanol–water partition coefficient (Wildman–Crippen LogP) is 1.88. The van der Waals surface area contributed by atoms with Gasteiger partial charge in [0.25, 0.3) is 5.91 Å². The molecule has 9 heteroatoms. The van der Waals surface area contributed by atoms with E-state index in [0.29, 0.717) is 0 Å². The average molecular weight is 424 g/mol. The summed E-state index contributed by atoms with van der Waals surface area (Å²) < 4.78 is 24.3. The van der Waals surface area contributed by atoms with Gasteiger partial charge in [0, 0.05) is 17.1 Å². The highest BCUT2D eigenvalue weighted by Crippen LogP contribution is 2.60. The molecule has 4 saturated carbocycles. The Labute approximate surface area is 173 Å². The van der Waals surface area contributed by atoms with E-state index >= 15 is 0 Å². The van der Waals surface area contributed by atoms with Gasteiger partial charge in [-0.3, -0.25) is 10.1 Å². The molecule has 0 aromatic heterocycles. The number of aliphatic hydroxyl groups is 1. The van der Waals surface area contributed by atoms with E-state index in [1.165, 1.54) is 12.1 Å². The van der Waals surface area contributed by atoms with Gasteiger partial charge in [-0.05, 0) is 44.2 Å². The highest BCUT2D eigenvalue weighted by Gasteiger charge is 2.68. The van der Waals surface area contributed by atoms with Crippen LogP contribution in [0.5, 0.6) is 5.75 Å². The fourth-order valence-corrected chi connectivity index (χ4v) is 4.67. The minimum absolute atomic E-state index is 0.0000954. The summed E-state index contributed by atoms with van der Waals surface area (Å²) in [5.74, 6) is -0.543. The van der Waals surface area contributed by atoms with Crippen LogP contribution in [0.2, 0.25) is 5.02 Å². The van der Waals surface area contributed by atoms with Crippen LogP contribution < -0.4 is 15.4 Å². The van der Waals surface area contributed by atoms with Crippen molar-refractivity contribution in [2.75, 3.05) is 13.2 Å². The molecule has 7 nitrogen and oxygen atoms in total. The molecule has 0 aliphatic heterocycles. The van der Waals surface area contributed by atoms with Crippen LogP contribution in [0.25, 0.3) is 0 Å². The number of rotatable bonds is 9. The third-order valence-electron chi connectivity index (χ3n) is 5.94. The SMILES string of the molecule is N#CC1CC(OCC(O)NC23CC(NC(=O)COc4ccc(Cl)c(F)c4)(C2)C3)C1. The van der Waals surface area contributed by atoms with E-state index in [9.17, 15) is 14.3 Å². The van der Waals surface area contributed by atoms with Gasteiger partial charge in [-0.15, -0.1) is 0 Å². The molecule has 0 saturated heterocycles. The third-order valence-corrected chi connectivity index (χ3v) is 6.24. The average Bonchev–Trinajstić information content (AvgIpc) is 2.58. The summed E-state index contributed by atoms with van der Waals surface area (Å²) in [6.07, 6.45) is 2.95. The zero-order valence-electron chi connectivity index (χ0n) is 15.8. The van der Waals surface area contributed by atoms with Gasteiger partial charge in [0.15, 0.2) is 6.61 Å². The highest BCUT2D eigenvalue weighted by molar-refractivity contribution is 6.30. The molecule has 1 unspecified atom stereocenters. The van der Waals surface area contributed by atoms with Gasteiger partial charge >= 0.3 is 0 Å². The van der Waals surface area contributed by atoms with Crippen LogP contribution in [0.15, 0.2) is 18.2 Å². The van der Waals surface area contributed by atoms with Crippen molar-refractivity contribution in [2.45, 2.75) is 55.5 Å². The molecule has 0 heterocycles. The molecule has 0 spiro atoms. The van der Waals surface area contributed by atoms with Crippen LogP contribution in [0, 0.1) is 23.1 Å². The molecule has 156 valence electrons. The van der Waals surface area contributed by atoms with Crippen LogP contribution in [0.3, 0.4) is 0 Å². The summed E-state index contributed by atoms with van der Waals surface area (Å²) in [5, 5.41) is 25.0. The summed E-state index contributed by atoms with van der Waals surface area (Å²) in [6, 6.07) is 6.23. The minimum atomic E-state index is -0.770. The standard InChI is InChI=1S/C20H23ClFN3O4/c21-15-2-1-13(5-16(15)22)28-7-17(26)24-19-9-20(10-19,11-19)25-18(27)8-29-14-3-12(4-14)6-23/h1-2,5,12,14,18,25,27H,3-4,7-11H2,(H,24,26). The number of nitrogens with zero attached hydrogens (tertiary/aromatic N) is 1. The Morgan fingerprint density at radius 2 is 2.10 bits per heavy atom. The maximum absolute atomic E-state index is 13.4. The van der Waals surface area contributed by atoms with E-state index in [1.54, 1.807) is 0 Å². The van der Waals surface area contributed by atoms with E-state index < -0.39 is 12.0 Å². The second kappa shape index (κ2) is 7.73. The monoisotopic (exact) mass is 423 g/mol. The number of carbonyl (C=O) groups is 1. The minimum Gasteiger partial charge on any atom is -0.484 e. The molecule has 29 heavy (non-hydrogen) atoms. The van der Waals surface area contributed by atoms with Crippen LogP contribution in [-0.2, 0) is 9.53 Å². The number of amides is 1. The van der Waals surface area contributed by atoms with E-state index in [-0.39, 0.29) is 53.0 Å². The zero-order chi connectivity index (χ0) is 20.6. The molecule has 4 aliphatic carbocycles. The zero-order valence-corrected chi connectivity index (χ0v) is 16.5. The first-order chi connectivity index (χ1) is 13.8. The number of aliphatic hydroxyl groups excluding tert-OH is 1. The number of carbonyl (C=O) groups excluding carboxylic acids is 1. The van der Waals surface area contributed by atoms with Crippen molar-refractivity contribution < 1.29 is 23.8 Å². The molecule has 4 aliphatic rings. The van der Waals surface area contributed by atoms with Crippen molar-refractivity contribution in [1.82, 2.24) is 10.6 Å². The van der Waals surface area contributed by atoms with E-state index in [4.69, 9.17) is 26.3 Å². The summed E-state index contributed by atoms with van der Waals surface area (Å²) in [7, 11) is 0. The Hall–Kier alpha value is -1.92. The first kappa shape index (κ1) is 20.4. The number of nitriles is 1. The fourth-order valence-electron chi connectivity index (χ4n) is 4.55. The fraction of sp³-hybridized carbons (Fsp3) is 0.600. The maximum atomic E-state index is 13.4. The Morgan fingerprint density at radius 3 is 2.76 bits per heavy atom. The van der Waals surface area contributed by atoms with Crippen molar-refractivity contribution in [3.63, 3.8) is 0 Å². The smallest absolute Gasteiger partial charge is 0.258 e. The third kappa shape index (κ3) is 4.33. The molecule has 4 fully saturated rings. The number of benzene rings is 1. The van der Waals surface area contributed by atoms with Gasteiger partial charge in [0.05, 0.1) is 29.7 Å². The molecule has 1 atom stereocenters. The quantitative estimate of drug-likeness (QED) is 0.524. The summed E-state index contributed by atoms with van der Waals surface area (Å²) in [6.45, 7) is -0.0137. The number of nitrogens with one attached hydrogen (secondary N) is 2. The molecule has 2 bridgehead atoms. The summed E-state index contributed by atoms with van der Waals surface area (Å²) in [5.41, 5.74) is -0.418. The highest BCUT2D eigenvalue weighted by atomic mass is 35.5. The molecule has 1 aromatic rings. The molecular weight excluding hydrogens is 401 g/mol. The summed E-state index contributed by atoms with van der Waals surface area (Å²) in [4.78, 5) is 12.1. The lowest BCUT2D eigenvalue weighted by atomic mass is 9.44. The van der Waals surface area contributed by atoms with Crippen LogP contribution in [-0.4, -0.2) is 47.6 Å². The van der Waals surface area contributed by atoms with Crippen LogP contribution in [0.1, 0.15) is 32.1 Å². The largest absolute Gasteiger partial charge is 0.484 e. The second-order valence-corrected chi connectivity index (χ2v) is 8.82. The molecule has 5 rings (SSSR count). The lowest BCUT2D eigenvalue weighted by Gasteiger charge is -2.71. The summed E-state index contributed by atoms with van der Waals surface area (Å²) >= 11 is 5.62. The normalized spacial score (nSPS) is 32.8. The maximum Gasteiger partial charge on any atom is 0.258 e. The molecule has 3 N–H and O–H groups in total. The second-order valence-electron chi connectivity index (χ2n) is 8.42. The van der Waals surface area contributed by atoms with Crippen molar-refractivity contribution in [3.8, 4) is 11.8 Å². The number of halogens is 2. The lowest BCUT2D eigenvalue weighted by molar-refractivity contribution is -0.157. The Balaban J connectivity index is 1.13. The van der Waals surface area contributed by atoms with E-state index in [0.717, 1.165) is 38.2 Å². The van der Waals surface area contributed by atoms with Gasteiger partial charge in [0.1, 0.15) is 17.8 Å². The lowest BCUT2D eigenvalue weighted by Crippen LogP contribution is -2.84. The van der Waals surface area contributed by atoms with Crippen LogP contribution in [0.4, 0.5) is 4.39 Å². The topological polar surface area (TPSA) is 104 Å². The van der Waals surface area contributed by atoms with Crippen LogP contribution >= 0.6 is 11.6 Å². The van der Waals surface area contributed by atoms with Crippen molar-refractivity contribution in [2.24, 2.45) is 5.92 Å². The van der Waals surface area contributed by atoms with Gasteiger partial charge in [-0.2, -0.15) is 5.26 Å². The molecular formula is C20H23ClFN3O4. The van der Waals surface area contributed by atoms with Gasteiger partial charge in [-0.25, -0.2) is 4.39 Å². The Kier molecular flexibility index (Phi) is 5.42. The molecule has 0 radical (unpaired) electrons. The van der Waals surface area contributed by atoms with Crippen molar-refractivity contribution in [1.29, 1.82) is 5.26 Å². The first-order valence-electron chi connectivity index (χ1n) is 9.66. The number of hydrogen-bond donors (Lipinski definition) is 3. The van der Waals surface area contributed by atoms with E-state index in [2.05, 4.69) is 16.7 Å².